The first-order valence-electron chi connectivity index (χ1n) is 25.2. The monoisotopic (exact) mass is 858 g/mol. The van der Waals surface area contributed by atoms with E-state index in [1.807, 2.05) is 0 Å². The van der Waals surface area contributed by atoms with E-state index in [2.05, 4.69) is 62.5 Å². The van der Waals surface area contributed by atoms with Gasteiger partial charge in [0.1, 0.15) is 12.6 Å². The van der Waals surface area contributed by atoms with Gasteiger partial charge in [0.2, 0.25) is 0 Å². The highest BCUT2D eigenvalue weighted by Crippen LogP contribution is 2.14. The van der Waals surface area contributed by atoms with Crippen LogP contribution >= 0.6 is 0 Å². The minimum Gasteiger partial charge on any atom is -0.544 e. The maximum atomic E-state index is 12.7. The zero-order chi connectivity index (χ0) is 44.9. The third-order valence-corrected chi connectivity index (χ3v) is 11.2. The molecule has 0 N–H and O–H groups in total. The number of rotatable bonds is 45. The molecule has 8 heteroatoms. The van der Waals surface area contributed by atoms with Gasteiger partial charge in [0, 0.05) is 19.3 Å². The van der Waals surface area contributed by atoms with Crippen molar-refractivity contribution < 1.29 is 38.2 Å². The first-order chi connectivity index (χ1) is 29.6. The molecular weight excluding hydrogens is 763 g/mol. The molecule has 0 aromatic heterocycles. The summed E-state index contributed by atoms with van der Waals surface area (Å²) < 4.78 is 17.2. The fourth-order valence-corrected chi connectivity index (χ4v) is 7.27. The van der Waals surface area contributed by atoms with Gasteiger partial charge in [0.15, 0.2) is 6.10 Å². The number of esters is 2. The highest BCUT2D eigenvalue weighted by atomic mass is 16.6. The Hall–Kier alpha value is -2.71. The van der Waals surface area contributed by atoms with Crippen LogP contribution in [0.1, 0.15) is 219 Å². The average molecular weight is 858 g/mol. The third kappa shape index (κ3) is 42.4. The number of unbranched alkanes of at least 4 members (excludes halogenated alkanes) is 24. The van der Waals surface area contributed by atoms with E-state index in [9.17, 15) is 19.5 Å². The number of carboxylic acids is 1. The minimum absolute atomic E-state index is 0.0330. The molecule has 61 heavy (non-hydrogen) atoms. The maximum Gasteiger partial charge on any atom is 0.306 e. The molecule has 0 rings (SSSR count). The summed E-state index contributed by atoms with van der Waals surface area (Å²) in [7, 11) is 5.41. The molecule has 0 aromatic carbocycles. The Morgan fingerprint density at radius 3 is 1.39 bits per heavy atom. The number of allylic oxidation sites excluding steroid dienone is 8. The Morgan fingerprint density at radius 1 is 0.508 bits per heavy atom. The molecule has 0 saturated heterocycles. The van der Waals surface area contributed by atoms with Crippen LogP contribution in [0.3, 0.4) is 0 Å². The molecule has 0 bridgehead atoms. The molecule has 0 saturated carbocycles. The summed E-state index contributed by atoms with van der Waals surface area (Å²) in [6.45, 7) is 4.62. The number of likely N-dealkylation sites (N-methyl/N-ethyl adjacent to an activating group) is 1. The number of carbonyl (C=O) groups is 3. The van der Waals surface area contributed by atoms with Crippen molar-refractivity contribution in [2.45, 2.75) is 231 Å². The van der Waals surface area contributed by atoms with Gasteiger partial charge in [-0.1, -0.05) is 178 Å². The summed E-state index contributed by atoms with van der Waals surface area (Å²) in [4.78, 5) is 37.0. The van der Waals surface area contributed by atoms with Crippen molar-refractivity contribution in [2.75, 3.05) is 41.0 Å². The number of quaternary nitrogens is 1. The molecule has 2 atom stereocenters. The van der Waals surface area contributed by atoms with Crippen LogP contribution in [0.25, 0.3) is 0 Å². The Labute approximate surface area is 376 Å². The lowest BCUT2D eigenvalue weighted by atomic mass is 10.1. The van der Waals surface area contributed by atoms with E-state index in [0.29, 0.717) is 12.8 Å². The summed E-state index contributed by atoms with van der Waals surface area (Å²) >= 11 is 0. The van der Waals surface area contributed by atoms with Crippen molar-refractivity contribution in [3.05, 3.63) is 48.6 Å². The van der Waals surface area contributed by atoms with Crippen molar-refractivity contribution >= 4 is 17.9 Å². The fraction of sp³-hybridized carbons (Fsp3) is 0.792. The maximum absolute atomic E-state index is 12.7. The Bertz CT molecular complexity index is 1140. The van der Waals surface area contributed by atoms with Gasteiger partial charge in [-0.3, -0.25) is 9.59 Å². The van der Waals surface area contributed by atoms with Crippen LogP contribution in [0.2, 0.25) is 0 Å². The third-order valence-electron chi connectivity index (χ3n) is 11.2. The standard InChI is InChI=1S/C53H95NO7/c1-6-8-10-12-14-16-18-20-22-23-24-25-26-27-28-30-31-33-35-37-39-41-43-51(55)60-48-49(47-59-46-45-50(53(57)58)54(3,4)5)61-52(56)44-42-40-38-36-34-32-29-21-19-17-15-13-11-9-7-2/h15,17,19,21,23-24,26-27,49-50H,6-14,16,18,20,22,25,28-48H2,1-5H3/b17-15+,21-19+,24-23+,27-26+. The van der Waals surface area contributed by atoms with E-state index in [0.717, 1.165) is 70.6 Å². The highest BCUT2D eigenvalue weighted by molar-refractivity contribution is 5.70. The van der Waals surface area contributed by atoms with Gasteiger partial charge in [-0.2, -0.15) is 0 Å². The Morgan fingerprint density at radius 2 is 0.918 bits per heavy atom. The van der Waals surface area contributed by atoms with E-state index >= 15 is 0 Å². The fourth-order valence-electron chi connectivity index (χ4n) is 7.27. The molecule has 0 aliphatic heterocycles. The molecule has 2 unspecified atom stereocenters. The average Bonchev–Trinajstić information content (AvgIpc) is 3.22. The summed E-state index contributed by atoms with van der Waals surface area (Å²) in [5, 5.41) is 11.6. The molecule has 0 radical (unpaired) electrons. The first-order valence-corrected chi connectivity index (χ1v) is 25.2. The quantitative estimate of drug-likeness (QED) is 0.0198. The molecule has 354 valence electrons. The molecule has 0 amide bonds. The lowest BCUT2D eigenvalue weighted by Crippen LogP contribution is -2.55. The molecule has 0 aromatic rings. The van der Waals surface area contributed by atoms with Crippen LogP contribution in [-0.4, -0.2) is 75.5 Å². The van der Waals surface area contributed by atoms with Crippen LogP contribution in [0.5, 0.6) is 0 Å². The SMILES string of the molecule is CCCCC/C=C/C=C/CCCCCCCCC(=O)OC(COCCC(C(=O)[O-])[N+](C)(C)C)COC(=O)CCCCCCCCC/C=C/C/C=C/CCCCCCCCCC. The Kier molecular flexibility index (Phi) is 42.0. The van der Waals surface area contributed by atoms with Crippen molar-refractivity contribution in [2.24, 2.45) is 0 Å². The van der Waals surface area contributed by atoms with Crippen molar-refractivity contribution in [1.82, 2.24) is 0 Å². The van der Waals surface area contributed by atoms with Crippen LogP contribution in [0.15, 0.2) is 48.6 Å². The van der Waals surface area contributed by atoms with Crippen LogP contribution in [-0.2, 0) is 28.6 Å². The van der Waals surface area contributed by atoms with E-state index < -0.39 is 18.1 Å². The molecule has 0 heterocycles. The van der Waals surface area contributed by atoms with Crippen LogP contribution in [0.4, 0.5) is 0 Å². The van der Waals surface area contributed by atoms with Gasteiger partial charge in [0.25, 0.3) is 0 Å². The molecule has 8 nitrogen and oxygen atoms in total. The number of aliphatic carboxylic acids is 1. The summed E-state index contributed by atoms with van der Waals surface area (Å²) in [5.74, 6) is -1.76. The predicted molar refractivity (Wildman–Crippen MR) is 254 cm³/mol. The Balaban J connectivity index is 4.26. The topological polar surface area (TPSA) is 102 Å². The number of hydrogen-bond acceptors (Lipinski definition) is 7. The van der Waals surface area contributed by atoms with Crippen molar-refractivity contribution in [3.8, 4) is 0 Å². The molecule has 0 fully saturated rings. The number of ether oxygens (including phenoxy) is 3. The zero-order valence-electron chi connectivity index (χ0n) is 40.3. The van der Waals surface area contributed by atoms with E-state index in [1.54, 1.807) is 21.1 Å². The number of carbonyl (C=O) groups excluding carboxylic acids is 3. The van der Waals surface area contributed by atoms with Gasteiger partial charge in [-0.25, -0.2) is 0 Å². The number of carboxylic acid groups (broad SMARTS) is 1. The van der Waals surface area contributed by atoms with Gasteiger partial charge in [-0.15, -0.1) is 0 Å². The smallest absolute Gasteiger partial charge is 0.306 e. The predicted octanol–water partition coefficient (Wildman–Crippen LogP) is 13.0. The molecule has 0 spiro atoms. The van der Waals surface area contributed by atoms with E-state index in [-0.39, 0.29) is 42.7 Å². The molecule has 0 aliphatic rings. The van der Waals surface area contributed by atoms with E-state index in [4.69, 9.17) is 14.2 Å². The van der Waals surface area contributed by atoms with Crippen LogP contribution in [0, 0.1) is 0 Å². The largest absolute Gasteiger partial charge is 0.544 e. The van der Waals surface area contributed by atoms with Crippen molar-refractivity contribution in [1.29, 1.82) is 0 Å². The molecule has 0 aliphatic carbocycles. The van der Waals surface area contributed by atoms with Crippen LogP contribution < -0.4 is 5.11 Å². The zero-order valence-corrected chi connectivity index (χ0v) is 40.3. The second-order valence-corrected chi connectivity index (χ2v) is 18.1. The lowest BCUT2D eigenvalue weighted by molar-refractivity contribution is -0.889. The first kappa shape index (κ1) is 58.3. The van der Waals surface area contributed by atoms with Gasteiger partial charge < -0.3 is 28.6 Å². The normalized spacial score (nSPS) is 13.3. The minimum atomic E-state index is -1.13. The van der Waals surface area contributed by atoms with Gasteiger partial charge >= 0.3 is 11.9 Å². The summed E-state index contributed by atoms with van der Waals surface area (Å²) in [6, 6.07) is -0.730. The van der Waals surface area contributed by atoms with Gasteiger partial charge in [-0.05, 0) is 70.6 Å². The second-order valence-electron chi connectivity index (χ2n) is 18.1. The summed E-state index contributed by atoms with van der Waals surface area (Å²) in [5.41, 5.74) is 0. The second kappa shape index (κ2) is 43.9. The lowest BCUT2D eigenvalue weighted by Gasteiger charge is -2.34. The van der Waals surface area contributed by atoms with Crippen molar-refractivity contribution in [3.63, 3.8) is 0 Å². The number of hydrogen-bond donors (Lipinski definition) is 0. The number of nitrogens with zero attached hydrogens (tertiary/aromatic N) is 1. The molecular formula is C53H95NO7. The highest BCUT2D eigenvalue weighted by Gasteiger charge is 2.25. The van der Waals surface area contributed by atoms with Gasteiger partial charge in [0.05, 0.1) is 40.3 Å². The van der Waals surface area contributed by atoms with E-state index in [1.165, 1.54) is 116 Å². The summed E-state index contributed by atoms with van der Waals surface area (Å²) in [6.07, 6.45) is 52.8.